The molecule has 2 aromatic heterocycles. The average molecular weight is 511 g/mol. The Morgan fingerprint density at radius 1 is 0.974 bits per heavy atom. The zero-order valence-electron chi connectivity index (χ0n) is 20.6. The minimum atomic E-state index is -0.822. The zero-order chi connectivity index (χ0) is 26.8. The summed E-state index contributed by atoms with van der Waals surface area (Å²) in [6.45, 7) is 4.11. The number of urea groups is 1. The van der Waals surface area contributed by atoms with Gasteiger partial charge in [-0.1, -0.05) is 12.1 Å². The molecule has 5 rings (SSSR count). The van der Waals surface area contributed by atoms with E-state index in [1.165, 1.54) is 30.6 Å². The van der Waals surface area contributed by atoms with Crippen molar-refractivity contribution in [3.8, 4) is 11.4 Å². The van der Waals surface area contributed by atoms with Gasteiger partial charge >= 0.3 is 6.03 Å². The Bertz CT molecular complexity index is 1560. The summed E-state index contributed by atoms with van der Waals surface area (Å²) in [7, 11) is 0. The average Bonchev–Trinajstić information content (AvgIpc) is 3.19. The molecule has 8 nitrogen and oxygen atoms in total. The molecule has 0 spiro atoms. The van der Waals surface area contributed by atoms with Gasteiger partial charge in [0.15, 0.2) is 0 Å². The van der Waals surface area contributed by atoms with Gasteiger partial charge in [0.2, 0.25) is 0 Å². The molecule has 1 N–H and O–H groups in total. The Hall–Kier alpha value is -5.05. The maximum Gasteiger partial charge on any atom is 0.336 e. The van der Waals surface area contributed by atoms with E-state index < -0.39 is 17.8 Å². The van der Waals surface area contributed by atoms with Crippen LogP contribution < -0.4 is 15.0 Å². The number of nitrogens with zero attached hydrogens (tertiary/aromatic N) is 3. The van der Waals surface area contributed by atoms with Crippen LogP contribution in [0, 0.1) is 19.7 Å². The number of rotatable bonds is 6. The van der Waals surface area contributed by atoms with Gasteiger partial charge in [-0.05, 0) is 85.6 Å². The van der Waals surface area contributed by atoms with E-state index in [0.29, 0.717) is 17.9 Å². The lowest BCUT2D eigenvalue weighted by molar-refractivity contribution is -0.122. The molecule has 3 heterocycles. The summed E-state index contributed by atoms with van der Waals surface area (Å²) in [4.78, 5) is 43.0. The molecule has 1 aliphatic heterocycles. The number of carbonyl (C=O) groups is 3. The van der Waals surface area contributed by atoms with Gasteiger partial charge in [-0.3, -0.25) is 19.9 Å². The van der Waals surface area contributed by atoms with Gasteiger partial charge in [-0.25, -0.2) is 14.1 Å². The van der Waals surface area contributed by atoms with Crippen LogP contribution in [0.25, 0.3) is 11.8 Å². The molecule has 1 saturated heterocycles. The highest BCUT2D eigenvalue weighted by molar-refractivity contribution is 6.39. The molecule has 4 amide bonds. The molecule has 4 aromatic rings. The van der Waals surface area contributed by atoms with Crippen molar-refractivity contribution in [2.45, 2.75) is 20.5 Å². The van der Waals surface area contributed by atoms with Gasteiger partial charge < -0.3 is 9.30 Å². The van der Waals surface area contributed by atoms with Crippen LogP contribution in [0.1, 0.15) is 22.5 Å². The minimum absolute atomic E-state index is 0.154. The Labute approximate surface area is 218 Å². The van der Waals surface area contributed by atoms with Crippen molar-refractivity contribution in [1.82, 2.24) is 14.9 Å². The molecule has 0 saturated carbocycles. The van der Waals surface area contributed by atoms with E-state index in [0.717, 1.165) is 27.5 Å². The third-order valence-corrected chi connectivity index (χ3v) is 6.19. The number of benzene rings is 2. The van der Waals surface area contributed by atoms with Gasteiger partial charge in [-0.2, -0.15) is 0 Å². The second kappa shape index (κ2) is 10.1. The first kappa shape index (κ1) is 24.6. The smallest absolute Gasteiger partial charge is 0.336 e. The SMILES string of the molecule is Cc1cc(/C=C2\C(=O)NC(=O)N(c3cccnc3)C2=O)c(C)n1-c1ccc(OCc2ccc(F)cc2)cc1. The number of hydrogen-bond donors (Lipinski definition) is 1. The van der Waals surface area contributed by atoms with Crippen molar-refractivity contribution in [2.75, 3.05) is 4.90 Å². The Morgan fingerprint density at radius 2 is 1.71 bits per heavy atom. The predicted molar refractivity (Wildman–Crippen MR) is 139 cm³/mol. The topological polar surface area (TPSA) is 93.5 Å². The van der Waals surface area contributed by atoms with E-state index in [2.05, 4.69) is 10.3 Å². The van der Waals surface area contributed by atoms with Crippen LogP contribution in [0.5, 0.6) is 5.75 Å². The van der Waals surface area contributed by atoms with Crippen LogP contribution >= 0.6 is 0 Å². The highest BCUT2D eigenvalue weighted by atomic mass is 19.1. The van der Waals surface area contributed by atoms with Crippen LogP contribution in [-0.4, -0.2) is 27.4 Å². The number of pyridine rings is 1. The van der Waals surface area contributed by atoms with Crippen molar-refractivity contribution in [2.24, 2.45) is 0 Å². The van der Waals surface area contributed by atoms with Crippen LogP contribution in [-0.2, 0) is 16.2 Å². The number of nitrogens with one attached hydrogen (secondary N) is 1. The lowest BCUT2D eigenvalue weighted by atomic mass is 10.1. The third kappa shape index (κ3) is 4.81. The van der Waals surface area contributed by atoms with Gasteiger partial charge in [-0.15, -0.1) is 0 Å². The summed E-state index contributed by atoms with van der Waals surface area (Å²) >= 11 is 0. The van der Waals surface area contributed by atoms with E-state index in [-0.39, 0.29) is 17.1 Å². The molecular formula is C29H23FN4O4. The Kier molecular flexibility index (Phi) is 6.57. The number of halogens is 1. The van der Waals surface area contributed by atoms with E-state index >= 15 is 0 Å². The third-order valence-electron chi connectivity index (χ3n) is 6.19. The van der Waals surface area contributed by atoms with Crippen molar-refractivity contribution in [1.29, 1.82) is 0 Å². The molecule has 1 fully saturated rings. The van der Waals surface area contributed by atoms with Crippen LogP contribution in [0.4, 0.5) is 14.9 Å². The quantitative estimate of drug-likeness (QED) is 0.295. The summed E-state index contributed by atoms with van der Waals surface area (Å²) in [6.07, 6.45) is 4.40. The molecule has 0 radical (unpaired) electrons. The lowest BCUT2D eigenvalue weighted by Gasteiger charge is -2.26. The van der Waals surface area contributed by atoms with Gasteiger partial charge in [0, 0.05) is 23.3 Å². The summed E-state index contributed by atoms with van der Waals surface area (Å²) in [6, 6.07) is 17.8. The number of ether oxygens (including phenoxy) is 1. The number of carbonyl (C=O) groups excluding carboxylic acids is 3. The fraction of sp³-hybridized carbons (Fsp3) is 0.103. The number of barbiturate groups is 1. The van der Waals surface area contributed by atoms with Gasteiger partial charge in [0.25, 0.3) is 11.8 Å². The molecule has 0 bridgehead atoms. The first-order valence-corrected chi connectivity index (χ1v) is 11.8. The van der Waals surface area contributed by atoms with Crippen molar-refractivity contribution < 1.29 is 23.5 Å². The second-order valence-corrected chi connectivity index (χ2v) is 8.74. The number of aromatic nitrogens is 2. The second-order valence-electron chi connectivity index (χ2n) is 8.74. The van der Waals surface area contributed by atoms with E-state index in [4.69, 9.17) is 4.74 Å². The number of anilines is 1. The normalized spacial score (nSPS) is 14.7. The monoisotopic (exact) mass is 510 g/mol. The Balaban J connectivity index is 1.39. The zero-order valence-corrected chi connectivity index (χ0v) is 20.6. The van der Waals surface area contributed by atoms with E-state index in [1.54, 1.807) is 24.3 Å². The molecule has 0 unspecified atom stereocenters. The molecular weight excluding hydrogens is 487 g/mol. The largest absolute Gasteiger partial charge is 0.489 e. The van der Waals surface area contributed by atoms with E-state index in [1.807, 2.05) is 48.7 Å². The lowest BCUT2D eigenvalue weighted by Crippen LogP contribution is -2.54. The van der Waals surface area contributed by atoms with Crippen LogP contribution in [0.3, 0.4) is 0 Å². The molecule has 9 heteroatoms. The fourth-order valence-corrected chi connectivity index (χ4v) is 4.30. The van der Waals surface area contributed by atoms with Crippen molar-refractivity contribution >= 4 is 29.6 Å². The highest BCUT2D eigenvalue weighted by Gasteiger charge is 2.37. The summed E-state index contributed by atoms with van der Waals surface area (Å²) in [5.41, 5.74) is 4.19. The maximum atomic E-state index is 13.2. The molecule has 0 atom stereocenters. The standard InChI is InChI=1S/C29H23FN4O4/c1-18-14-21(15-26-27(35)32-29(37)34(28(26)36)24-4-3-13-31-16-24)19(2)33(18)23-9-11-25(12-10-23)38-17-20-5-7-22(30)8-6-20/h3-16H,17H2,1-2H3,(H,32,35,37)/b26-15+. The van der Waals surface area contributed by atoms with Gasteiger partial charge in [0.05, 0.1) is 11.9 Å². The first-order chi connectivity index (χ1) is 18.3. The van der Waals surface area contributed by atoms with E-state index in [9.17, 15) is 18.8 Å². The molecule has 2 aromatic carbocycles. The van der Waals surface area contributed by atoms with Gasteiger partial charge in [0.1, 0.15) is 23.7 Å². The molecule has 190 valence electrons. The molecule has 0 aliphatic carbocycles. The van der Waals surface area contributed by atoms with Crippen LogP contribution in [0.2, 0.25) is 0 Å². The summed E-state index contributed by atoms with van der Waals surface area (Å²) < 4.78 is 20.9. The summed E-state index contributed by atoms with van der Waals surface area (Å²) in [5.74, 6) is -1.11. The number of imide groups is 2. The molecule has 1 aliphatic rings. The maximum absolute atomic E-state index is 13.2. The predicted octanol–water partition coefficient (Wildman–Crippen LogP) is 4.87. The van der Waals surface area contributed by atoms with Crippen molar-refractivity contribution in [3.05, 3.63) is 113 Å². The summed E-state index contributed by atoms with van der Waals surface area (Å²) in [5, 5.41) is 2.23. The minimum Gasteiger partial charge on any atom is -0.489 e. The number of hydrogen-bond acceptors (Lipinski definition) is 5. The highest BCUT2D eigenvalue weighted by Crippen LogP contribution is 2.27. The van der Waals surface area contributed by atoms with Crippen molar-refractivity contribution in [3.63, 3.8) is 0 Å². The first-order valence-electron chi connectivity index (χ1n) is 11.8. The Morgan fingerprint density at radius 3 is 2.39 bits per heavy atom. The fourth-order valence-electron chi connectivity index (χ4n) is 4.30. The number of amides is 4. The number of aryl methyl sites for hydroxylation is 1. The molecule has 38 heavy (non-hydrogen) atoms. The van der Waals surface area contributed by atoms with Crippen LogP contribution in [0.15, 0.2) is 84.7 Å².